The Balaban J connectivity index is 1.73. The summed E-state index contributed by atoms with van der Waals surface area (Å²) in [4.78, 5) is 0. The van der Waals surface area contributed by atoms with Crippen molar-refractivity contribution in [1.29, 1.82) is 0 Å². The minimum absolute atomic E-state index is 0.245. The van der Waals surface area contributed by atoms with Gasteiger partial charge < -0.3 is 15.2 Å². The van der Waals surface area contributed by atoms with Gasteiger partial charge in [-0.2, -0.15) is 0 Å². The van der Waals surface area contributed by atoms with Gasteiger partial charge in [-0.3, -0.25) is 0 Å². The Hall–Kier alpha value is -0.120. The Bertz CT molecular complexity index is 149. The molecule has 2 rings (SSSR count). The molecule has 2 fully saturated rings. The van der Waals surface area contributed by atoms with E-state index in [1.54, 1.807) is 0 Å². The van der Waals surface area contributed by atoms with Crippen molar-refractivity contribution in [3.63, 3.8) is 0 Å². The van der Waals surface area contributed by atoms with Crippen LogP contribution in [0.5, 0.6) is 0 Å². The zero-order chi connectivity index (χ0) is 8.39. The molecule has 3 unspecified atom stereocenters. The first-order valence-corrected chi connectivity index (χ1v) is 4.87. The van der Waals surface area contributed by atoms with Gasteiger partial charge in [-0.25, -0.2) is 0 Å². The molecule has 0 amide bonds. The Kier molecular flexibility index (Phi) is 2.63. The summed E-state index contributed by atoms with van der Waals surface area (Å²) in [5, 5.41) is 12.0. The van der Waals surface area contributed by atoms with Gasteiger partial charge in [0.25, 0.3) is 0 Å². The highest BCUT2D eigenvalue weighted by atomic mass is 16.5. The SMILES string of the molecule is OCCNC1CC2OCCCC12. The number of hydrogen-bond donors (Lipinski definition) is 2. The van der Waals surface area contributed by atoms with Gasteiger partial charge in [0.2, 0.25) is 0 Å². The van der Waals surface area contributed by atoms with Crippen molar-refractivity contribution in [2.45, 2.75) is 31.4 Å². The second-order valence-electron chi connectivity index (χ2n) is 3.74. The maximum Gasteiger partial charge on any atom is 0.0633 e. The number of aliphatic hydroxyl groups is 1. The van der Waals surface area contributed by atoms with Crippen molar-refractivity contribution in [3.05, 3.63) is 0 Å². The van der Waals surface area contributed by atoms with Crippen LogP contribution in [0.3, 0.4) is 0 Å². The van der Waals surface area contributed by atoms with E-state index < -0.39 is 0 Å². The molecule has 0 spiro atoms. The van der Waals surface area contributed by atoms with Crippen LogP contribution in [-0.4, -0.2) is 37.0 Å². The Morgan fingerprint density at radius 1 is 1.50 bits per heavy atom. The predicted molar refractivity (Wildman–Crippen MR) is 46.0 cm³/mol. The van der Waals surface area contributed by atoms with Crippen LogP contribution in [-0.2, 0) is 4.74 Å². The fourth-order valence-electron chi connectivity index (χ4n) is 2.28. The Morgan fingerprint density at radius 3 is 3.17 bits per heavy atom. The first-order chi connectivity index (χ1) is 5.92. The summed E-state index contributed by atoms with van der Waals surface area (Å²) in [6.07, 6.45) is 4.17. The van der Waals surface area contributed by atoms with Crippen LogP contribution in [0.1, 0.15) is 19.3 Å². The van der Waals surface area contributed by atoms with Crippen molar-refractivity contribution in [2.24, 2.45) is 5.92 Å². The molecule has 3 heteroatoms. The number of ether oxygens (including phenoxy) is 1. The molecule has 12 heavy (non-hydrogen) atoms. The number of aliphatic hydroxyl groups excluding tert-OH is 1. The summed E-state index contributed by atoms with van der Waals surface area (Å²) >= 11 is 0. The van der Waals surface area contributed by atoms with E-state index in [2.05, 4.69) is 5.32 Å². The van der Waals surface area contributed by atoms with Crippen molar-refractivity contribution >= 4 is 0 Å². The molecule has 2 N–H and O–H groups in total. The van der Waals surface area contributed by atoms with Gasteiger partial charge in [-0.15, -0.1) is 0 Å². The van der Waals surface area contributed by atoms with Crippen molar-refractivity contribution in [3.8, 4) is 0 Å². The third-order valence-corrected chi connectivity index (χ3v) is 3.01. The van der Waals surface area contributed by atoms with E-state index in [9.17, 15) is 0 Å². The first kappa shape index (κ1) is 8.48. The number of hydrogen-bond acceptors (Lipinski definition) is 3. The molecule has 0 radical (unpaired) electrons. The Morgan fingerprint density at radius 2 is 2.42 bits per heavy atom. The van der Waals surface area contributed by atoms with Gasteiger partial charge >= 0.3 is 0 Å². The van der Waals surface area contributed by atoms with E-state index in [4.69, 9.17) is 9.84 Å². The van der Waals surface area contributed by atoms with Gasteiger partial charge in [0.1, 0.15) is 0 Å². The smallest absolute Gasteiger partial charge is 0.0633 e. The van der Waals surface area contributed by atoms with E-state index in [1.807, 2.05) is 0 Å². The Labute approximate surface area is 73.1 Å². The molecule has 0 aromatic heterocycles. The number of rotatable bonds is 3. The minimum Gasteiger partial charge on any atom is -0.395 e. The maximum absolute atomic E-state index is 8.64. The third-order valence-electron chi connectivity index (χ3n) is 3.01. The summed E-state index contributed by atoms with van der Waals surface area (Å²) < 4.78 is 5.58. The summed E-state index contributed by atoms with van der Waals surface area (Å²) in [7, 11) is 0. The lowest BCUT2D eigenvalue weighted by Gasteiger charge is -2.47. The first-order valence-electron chi connectivity index (χ1n) is 4.87. The highest BCUT2D eigenvalue weighted by Gasteiger charge is 2.42. The van der Waals surface area contributed by atoms with Gasteiger partial charge in [0, 0.05) is 25.1 Å². The molecule has 3 nitrogen and oxygen atoms in total. The molecular formula is C9H17NO2. The summed E-state index contributed by atoms with van der Waals surface area (Å²) in [6, 6.07) is 0.613. The average Bonchev–Trinajstić information content (AvgIpc) is 2.07. The molecule has 0 aromatic rings. The van der Waals surface area contributed by atoms with Crippen molar-refractivity contribution in [2.75, 3.05) is 19.8 Å². The highest BCUT2D eigenvalue weighted by Crippen LogP contribution is 2.37. The lowest BCUT2D eigenvalue weighted by molar-refractivity contribution is -0.103. The van der Waals surface area contributed by atoms with E-state index in [0.717, 1.165) is 25.5 Å². The van der Waals surface area contributed by atoms with E-state index in [1.165, 1.54) is 12.8 Å². The van der Waals surface area contributed by atoms with Gasteiger partial charge in [-0.05, 0) is 19.3 Å². The van der Waals surface area contributed by atoms with E-state index >= 15 is 0 Å². The van der Waals surface area contributed by atoms with Crippen LogP contribution >= 0.6 is 0 Å². The van der Waals surface area contributed by atoms with Crippen LogP contribution in [0.2, 0.25) is 0 Å². The molecule has 3 atom stereocenters. The molecule has 1 aliphatic carbocycles. The van der Waals surface area contributed by atoms with Gasteiger partial charge in [-0.1, -0.05) is 0 Å². The van der Waals surface area contributed by atoms with Crippen molar-refractivity contribution in [1.82, 2.24) is 5.32 Å². The molecule has 0 aromatic carbocycles. The standard InChI is InChI=1S/C9H17NO2/c11-4-3-10-8-6-9-7(8)2-1-5-12-9/h7-11H,1-6H2. The molecule has 1 saturated heterocycles. The zero-order valence-corrected chi connectivity index (χ0v) is 7.33. The van der Waals surface area contributed by atoms with Crippen LogP contribution in [0, 0.1) is 5.92 Å². The summed E-state index contributed by atoms with van der Waals surface area (Å²) in [5.74, 6) is 0.727. The maximum atomic E-state index is 8.64. The fraction of sp³-hybridized carbons (Fsp3) is 1.00. The van der Waals surface area contributed by atoms with Crippen LogP contribution < -0.4 is 5.32 Å². The fourth-order valence-corrected chi connectivity index (χ4v) is 2.28. The molecular weight excluding hydrogens is 154 g/mol. The number of nitrogens with one attached hydrogen (secondary N) is 1. The highest BCUT2D eigenvalue weighted by molar-refractivity contribution is 4.96. The summed E-state index contributed by atoms with van der Waals surface area (Å²) in [5.41, 5.74) is 0. The second kappa shape index (κ2) is 3.73. The quantitative estimate of drug-likeness (QED) is 0.634. The van der Waals surface area contributed by atoms with Gasteiger partial charge in [0.15, 0.2) is 0 Å². The molecule has 2 aliphatic rings. The van der Waals surface area contributed by atoms with Crippen LogP contribution in [0.25, 0.3) is 0 Å². The lowest BCUT2D eigenvalue weighted by atomic mass is 9.72. The second-order valence-corrected chi connectivity index (χ2v) is 3.74. The molecule has 70 valence electrons. The molecule has 1 aliphatic heterocycles. The largest absolute Gasteiger partial charge is 0.395 e. The van der Waals surface area contributed by atoms with Crippen LogP contribution in [0.15, 0.2) is 0 Å². The monoisotopic (exact) mass is 171 g/mol. The summed E-state index contributed by atoms with van der Waals surface area (Å²) in [6.45, 7) is 1.93. The lowest BCUT2D eigenvalue weighted by Crippen LogP contribution is -2.56. The minimum atomic E-state index is 0.245. The van der Waals surface area contributed by atoms with Crippen LogP contribution in [0.4, 0.5) is 0 Å². The molecule has 1 heterocycles. The molecule has 0 bridgehead atoms. The molecule has 1 saturated carbocycles. The third kappa shape index (κ3) is 1.49. The van der Waals surface area contributed by atoms with Gasteiger partial charge in [0.05, 0.1) is 12.7 Å². The average molecular weight is 171 g/mol. The van der Waals surface area contributed by atoms with E-state index in [0.29, 0.717) is 12.1 Å². The van der Waals surface area contributed by atoms with Crippen molar-refractivity contribution < 1.29 is 9.84 Å². The number of fused-ring (bicyclic) bond motifs is 1. The zero-order valence-electron chi connectivity index (χ0n) is 7.33. The predicted octanol–water partition coefficient (Wildman–Crippen LogP) is 0.136. The van der Waals surface area contributed by atoms with E-state index in [-0.39, 0.29) is 6.61 Å². The normalized spacial score (nSPS) is 40.2. The topological polar surface area (TPSA) is 41.5 Å².